The molecule has 0 radical (unpaired) electrons. The highest BCUT2D eigenvalue weighted by molar-refractivity contribution is 5.58. The Hall–Kier alpha value is -1.02. The van der Waals surface area contributed by atoms with E-state index in [0.717, 1.165) is 19.4 Å². The molecule has 106 valence electrons. The van der Waals surface area contributed by atoms with Crippen molar-refractivity contribution < 1.29 is 0 Å². The van der Waals surface area contributed by atoms with Gasteiger partial charge >= 0.3 is 0 Å². The number of nitrogens with one attached hydrogen (secondary N) is 2. The van der Waals surface area contributed by atoms with Crippen LogP contribution in [0.2, 0.25) is 0 Å². The largest absolute Gasteiger partial charge is 0.382 e. The highest BCUT2D eigenvalue weighted by Crippen LogP contribution is 2.27. The Morgan fingerprint density at radius 2 is 1.84 bits per heavy atom. The molecule has 2 N–H and O–H groups in total. The third-order valence-electron chi connectivity index (χ3n) is 4.20. The molecular formula is C17H28N2. The van der Waals surface area contributed by atoms with Crippen LogP contribution in [-0.2, 0) is 12.8 Å². The second kappa shape index (κ2) is 5.96. The zero-order valence-electron chi connectivity index (χ0n) is 12.8. The van der Waals surface area contributed by atoms with Crippen molar-refractivity contribution in [2.45, 2.75) is 65.0 Å². The van der Waals surface area contributed by atoms with Gasteiger partial charge in [-0.25, -0.2) is 0 Å². The highest BCUT2D eigenvalue weighted by Gasteiger charge is 2.27. The number of piperidine rings is 1. The van der Waals surface area contributed by atoms with E-state index in [1.165, 1.54) is 29.7 Å². The van der Waals surface area contributed by atoms with Gasteiger partial charge in [0.05, 0.1) is 0 Å². The molecule has 0 amide bonds. The van der Waals surface area contributed by atoms with Gasteiger partial charge in [0.15, 0.2) is 0 Å². The zero-order valence-corrected chi connectivity index (χ0v) is 12.8. The molecule has 1 aliphatic heterocycles. The van der Waals surface area contributed by atoms with E-state index in [4.69, 9.17) is 0 Å². The fourth-order valence-electron chi connectivity index (χ4n) is 3.13. The molecule has 2 nitrogen and oxygen atoms in total. The molecule has 1 unspecified atom stereocenters. The van der Waals surface area contributed by atoms with E-state index in [9.17, 15) is 0 Å². The van der Waals surface area contributed by atoms with Crippen molar-refractivity contribution in [2.75, 3.05) is 11.9 Å². The van der Waals surface area contributed by atoms with Gasteiger partial charge < -0.3 is 10.6 Å². The summed E-state index contributed by atoms with van der Waals surface area (Å²) in [6.45, 7) is 10.2. The van der Waals surface area contributed by atoms with Gasteiger partial charge in [0, 0.05) is 17.3 Å². The van der Waals surface area contributed by atoms with Crippen LogP contribution in [0.15, 0.2) is 18.2 Å². The molecule has 2 rings (SSSR count). The SMILES string of the molecule is CCc1cccc(CC)c1NC1CCNC(C)(C)C1. The maximum absolute atomic E-state index is 3.84. The summed E-state index contributed by atoms with van der Waals surface area (Å²) in [4.78, 5) is 0. The van der Waals surface area contributed by atoms with Crippen LogP contribution >= 0.6 is 0 Å². The topological polar surface area (TPSA) is 24.1 Å². The Bertz CT molecular complexity index is 401. The van der Waals surface area contributed by atoms with Crippen LogP contribution in [0.25, 0.3) is 0 Å². The summed E-state index contributed by atoms with van der Waals surface area (Å²) in [5.74, 6) is 0. The summed E-state index contributed by atoms with van der Waals surface area (Å²) in [6, 6.07) is 7.30. The van der Waals surface area contributed by atoms with Crippen LogP contribution in [0.1, 0.15) is 51.7 Å². The lowest BCUT2D eigenvalue weighted by Gasteiger charge is -2.38. The molecular weight excluding hydrogens is 232 g/mol. The van der Waals surface area contributed by atoms with Crippen molar-refractivity contribution in [1.29, 1.82) is 0 Å². The third kappa shape index (κ3) is 3.50. The van der Waals surface area contributed by atoms with Crippen LogP contribution in [-0.4, -0.2) is 18.1 Å². The molecule has 1 heterocycles. The first-order valence-corrected chi connectivity index (χ1v) is 7.68. The molecule has 0 saturated carbocycles. The summed E-state index contributed by atoms with van der Waals surface area (Å²) in [5, 5.41) is 7.43. The average molecular weight is 260 g/mol. The minimum atomic E-state index is 0.253. The monoisotopic (exact) mass is 260 g/mol. The molecule has 0 bridgehead atoms. The van der Waals surface area contributed by atoms with Gasteiger partial charge in [0.25, 0.3) is 0 Å². The van der Waals surface area contributed by atoms with Gasteiger partial charge in [-0.2, -0.15) is 0 Å². The molecule has 0 spiro atoms. The Labute approximate surface area is 118 Å². The fraction of sp³-hybridized carbons (Fsp3) is 0.647. The van der Waals surface area contributed by atoms with Crippen LogP contribution < -0.4 is 10.6 Å². The van der Waals surface area contributed by atoms with Gasteiger partial charge in [-0.15, -0.1) is 0 Å². The molecule has 0 aliphatic carbocycles. The number of rotatable bonds is 4. The predicted molar refractivity (Wildman–Crippen MR) is 83.9 cm³/mol. The number of anilines is 1. The average Bonchev–Trinajstić information content (AvgIpc) is 2.38. The van der Waals surface area contributed by atoms with Crippen LogP contribution in [0.4, 0.5) is 5.69 Å². The summed E-state index contributed by atoms with van der Waals surface area (Å²) >= 11 is 0. The quantitative estimate of drug-likeness (QED) is 0.861. The van der Waals surface area contributed by atoms with E-state index in [0.29, 0.717) is 6.04 Å². The second-order valence-corrected chi connectivity index (χ2v) is 6.30. The Kier molecular flexibility index (Phi) is 4.51. The lowest BCUT2D eigenvalue weighted by molar-refractivity contribution is 0.286. The van der Waals surface area contributed by atoms with Crippen LogP contribution in [0.5, 0.6) is 0 Å². The van der Waals surface area contributed by atoms with Crippen molar-refractivity contribution >= 4 is 5.69 Å². The molecule has 19 heavy (non-hydrogen) atoms. The second-order valence-electron chi connectivity index (χ2n) is 6.30. The molecule has 1 saturated heterocycles. The zero-order chi connectivity index (χ0) is 13.9. The number of aryl methyl sites for hydroxylation is 2. The van der Waals surface area contributed by atoms with Gasteiger partial charge in [-0.05, 0) is 57.2 Å². The maximum Gasteiger partial charge on any atom is 0.0407 e. The molecule has 1 atom stereocenters. The summed E-state index contributed by atoms with van der Waals surface area (Å²) in [5.41, 5.74) is 4.56. The van der Waals surface area contributed by atoms with E-state index in [1.807, 2.05) is 0 Å². The number of benzene rings is 1. The van der Waals surface area contributed by atoms with Crippen molar-refractivity contribution in [3.05, 3.63) is 29.3 Å². The lowest BCUT2D eigenvalue weighted by Crippen LogP contribution is -2.50. The van der Waals surface area contributed by atoms with Crippen molar-refractivity contribution in [3.8, 4) is 0 Å². The first kappa shape index (κ1) is 14.4. The number of hydrogen-bond acceptors (Lipinski definition) is 2. The van der Waals surface area contributed by atoms with E-state index >= 15 is 0 Å². The Morgan fingerprint density at radius 1 is 1.21 bits per heavy atom. The lowest BCUT2D eigenvalue weighted by atomic mass is 9.88. The van der Waals surface area contributed by atoms with Crippen molar-refractivity contribution in [2.24, 2.45) is 0 Å². The van der Waals surface area contributed by atoms with Gasteiger partial charge in [0.2, 0.25) is 0 Å². The van der Waals surface area contributed by atoms with Gasteiger partial charge in [-0.1, -0.05) is 32.0 Å². The first-order valence-electron chi connectivity index (χ1n) is 7.68. The van der Waals surface area contributed by atoms with E-state index in [2.05, 4.69) is 56.5 Å². The van der Waals surface area contributed by atoms with Crippen molar-refractivity contribution in [3.63, 3.8) is 0 Å². The maximum atomic E-state index is 3.84. The fourth-order valence-corrected chi connectivity index (χ4v) is 3.13. The van der Waals surface area contributed by atoms with Gasteiger partial charge in [-0.3, -0.25) is 0 Å². The van der Waals surface area contributed by atoms with Gasteiger partial charge in [0.1, 0.15) is 0 Å². The molecule has 1 fully saturated rings. The summed E-state index contributed by atoms with van der Waals surface area (Å²) in [6.07, 6.45) is 4.61. The highest BCUT2D eigenvalue weighted by atomic mass is 15.0. The number of hydrogen-bond donors (Lipinski definition) is 2. The molecule has 1 aromatic rings. The Balaban J connectivity index is 2.18. The minimum Gasteiger partial charge on any atom is -0.382 e. The molecule has 0 aromatic heterocycles. The smallest absolute Gasteiger partial charge is 0.0407 e. The summed E-state index contributed by atoms with van der Waals surface area (Å²) in [7, 11) is 0. The van der Waals surface area contributed by atoms with E-state index < -0.39 is 0 Å². The van der Waals surface area contributed by atoms with E-state index in [-0.39, 0.29) is 5.54 Å². The Morgan fingerprint density at radius 3 is 2.37 bits per heavy atom. The summed E-state index contributed by atoms with van der Waals surface area (Å²) < 4.78 is 0. The standard InChI is InChI=1S/C17H28N2/c1-5-13-8-7-9-14(6-2)16(13)19-15-10-11-18-17(3,4)12-15/h7-9,15,18-19H,5-6,10-12H2,1-4H3. The van der Waals surface area contributed by atoms with Crippen LogP contribution in [0, 0.1) is 0 Å². The third-order valence-corrected chi connectivity index (χ3v) is 4.20. The van der Waals surface area contributed by atoms with E-state index in [1.54, 1.807) is 0 Å². The normalized spacial score (nSPS) is 22.2. The number of para-hydroxylation sites is 1. The van der Waals surface area contributed by atoms with Crippen molar-refractivity contribution in [1.82, 2.24) is 5.32 Å². The predicted octanol–water partition coefficient (Wildman–Crippen LogP) is 3.75. The molecule has 1 aromatic carbocycles. The molecule has 1 aliphatic rings. The van der Waals surface area contributed by atoms with Crippen LogP contribution in [0.3, 0.4) is 0 Å². The minimum absolute atomic E-state index is 0.253. The first-order chi connectivity index (χ1) is 9.05. The molecule has 2 heteroatoms.